The molecule has 7 heteroatoms. The molecule has 2 heterocycles. The van der Waals surface area contributed by atoms with Gasteiger partial charge < -0.3 is 14.6 Å². The quantitative estimate of drug-likeness (QED) is 0.778. The fraction of sp³-hybridized carbons (Fsp3) is 0.250. The van der Waals surface area contributed by atoms with Crippen LogP contribution in [0.4, 0.5) is 0 Å². The van der Waals surface area contributed by atoms with Gasteiger partial charge in [-0.1, -0.05) is 6.07 Å². The standard InChI is InChI=1S/C12H13N3O4/c16-11(17)7-14(8-12(18)19)5-9-6-15-4-2-1-3-10(15)13-9/h1-4,6H,5,7-8H2,(H,16,17)(H,18,19). The Hall–Kier alpha value is -2.41. The van der Waals surface area contributed by atoms with Crippen LogP contribution in [0.3, 0.4) is 0 Å². The van der Waals surface area contributed by atoms with Crippen molar-refractivity contribution in [2.24, 2.45) is 0 Å². The second-order valence-electron chi connectivity index (χ2n) is 4.13. The lowest BCUT2D eigenvalue weighted by molar-refractivity contribution is -0.142. The molecule has 19 heavy (non-hydrogen) atoms. The van der Waals surface area contributed by atoms with Gasteiger partial charge in [-0.15, -0.1) is 0 Å². The zero-order valence-electron chi connectivity index (χ0n) is 10.1. The average molecular weight is 263 g/mol. The summed E-state index contributed by atoms with van der Waals surface area (Å²) in [6.07, 6.45) is 3.58. The van der Waals surface area contributed by atoms with Gasteiger partial charge in [-0.3, -0.25) is 14.5 Å². The molecule has 0 fully saturated rings. The summed E-state index contributed by atoms with van der Waals surface area (Å²) in [5.41, 5.74) is 1.37. The number of imidazole rings is 1. The zero-order chi connectivity index (χ0) is 13.8. The Kier molecular flexibility index (Phi) is 3.76. The van der Waals surface area contributed by atoms with Crippen molar-refractivity contribution in [3.05, 3.63) is 36.3 Å². The second kappa shape index (κ2) is 5.49. The highest BCUT2D eigenvalue weighted by atomic mass is 16.4. The minimum Gasteiger partial charge on any atom is -0.480 e. The topological polar surface area (TPSA) is 95.1 Å². The van der Waals surface area contributed by atoms with Crippen molar-refractivity contribution in [1.29, 1.82) is 0 Å². The number of nitrogens with zero attached hydrogens (tertiary/aromatic N) is 3. The molecule has 0 aliphatic heterocycles. The number of fused-ring (bicyclic) bond motifs is 1. The Morgan fingerprint density at radius 3 is 2.47 bits per heavy atom. The summed E-state index contributed by atoms with van der Waals surface area (Å²) in [6, 6.07) is 5.52. The maximum Gasteiger partial charge on any atom is 0.317 e. The van der Waals surface area contributed by atoms with Gasteiger partial charge in [-0.25, -0.2) is 4.98 Å². The van der Waals surface area contributed by atoms with Crippen molar-refractivity contribution in [3.63, 3.8) is 0 Å². The van der Waals surface area contributed by atoms with Crippen molar-refractivity contribution in [2.45, 2.75) is 6.54 Å². The smallest absolute Gasteiger partial charge is 0.317 e. The molecule has 0 unspecified atom stereocenters. The van der Waals surface area contributed by atoms with Crippen LogP contribution in [-0.4, -0.2) is 49.5 Å². The molecule has 0 aliphatic rings. The molecule has 0 aromatic carbocycles. The van der Waals surface area contributed by atoms with E-state index in [0.717, 1.165) is 5.65 Å². The summed E-state index contributed by atoms with van der Waals surface area (Å²) >= 11 is 0. The van der Waals surface area contributed by atoms with Crippen LogP contribution in [0.2, 0.25) is 0 Å². The van der Waals surface area contributed by atoms with Gasteiger partial charge in [-0.05, 0) is 12.1 Å². The Morgan fingerprint density at radius 1 is 1.21 bits per heavy atom. The Balaban J connectivity index is 2.15. The number of carbonyl (C=O) groups is 2. The number of carboxylic acid groups (broad SMARTS) is 2. The Morgan fingerprint density at radius 2 is 1.89 bits per heavy atom. The summed E-state index contributed by atoms with van der Waals surface area (Å²) in [4.78, 5) is 27.0. The van der Waals surface area contributed by atoms with E-state index in [2.05, 4.69) is 4.98 Å². The van der Waals surface area contributed by atoms with Gasteiger partial charge >= 0.3 is 11.9 Å². The molecule has 0 radical (unpaired) electrons. The van der Waals surface area contributed by atoms with E-state index in [9.17, 15) is 9.59 Å². The molecule has 0 bridgehead atoms. The van der Waals surface area contributed by atoms with Gasteiger partial charge in [0.2, 0.25) is 0 Å². The number of hydrogen-bond acceptors (Lipinski definition) is 4. The highest BCUT2D eigenvalue weighted by Gasteiger charge is 2.15. The van der Waals surface area contributed by atoms with Gasteiger partial charge in [0, 0.05) is 18.9 Å². The summed E-state index contributed by atoms with van der Waals surface area (Å²) in [6.45, 7) is -0.485. The monoisotopic (exact) mass is 263 g/mol. The highest BCUT2D eigenvalue weighted by Crippen LogP contribution is 2.07. The largest absolute Gasteiger partial charge is 0.480 e. The lowest BCUT2D eigenvalue weighted by Gasteiger charge is -2.15. The van der Waals surface area contributed by atoms with Crippen LogP contribution in [0.15, 0.2) is 30.6 Å². The summed E-state index contributed by atoms with van der Waals surface area (Å²) in [7, 11) is 0. The number of hydrogen-bond donors (Lipinski definition) is 2. The van der Waals surface area contributed by atoms with Crippen molar-refractivity contribution in [3.8, 4) is 0 Å². The van der Waals surface area contributed by atoms with Gasteiger partial charge in [0.1, 0.15) is 5.65 Å². The van der Waals surface area contributed by atoms with E-state index in [-0.39, 0.29) is 19.6 Å². The van der Waals surface area contributed by atoms with E-state index in [4.69, 9.17) is 10.2 Å². The number of aromatic nitrogens is 2. The van der Waals surface area contributed by atoms with Crippen molar-refractivity contribution in [1.82, 2.24) is 14.3 Å². The summed E-state index contributed by atoms with van der Waals surface area (Å²) < 4.78 is 1.80. The third kappa shape index (κ3) is 3.52. The molecular weight excluding hydrogens is 250 g/mol. The summed E-state index contributed by atoms with van der Waals surface area (Å²) in [5, 5.41) is 17.5. The molecule has 2 rings (SSSR count). The van der Waals surface area contributed by atoms with Gasteiger partial charge in [0.25, 0.3) is 0 Å². The predicted octanol–water partition coefficient (Wildman–Crippen LogP) is 0.305. The van der Waals surface area contributed by atoms with Crippen LogP contribution < -0.4 is 0 Å². The molecule has 7 nitrogen and oxygen atoms in total. The summed E-state index contributed by atoms with van der Waals surface area (Å²) in [5.74, 6) is -2.13. The van der Waals surface area contributed by atoms with Crippen LogP contribution in [-0.2, 0) is 16.1 Å². The van der Waals surface area contributed by atoms with E-state index >= 15 is 0 Å². The maximum absolute atomic E-state index is 10.7. The molecule has 100 valence electrons. The van der Waals surface area contributed by atoms with E-state index in [1.54, 1.807) is 10.6 Å². The highest BCUT2D eigenvalue weighted by molar-refractivity contribution is 5.72. The zero-order valence-corrected chi connectivity index (χ0v) is 10.1. The minimum atomic E-state index is -1.06. The number of rotatable bonds is 6. The maximum atomic E-state index is 10.7. The lowest BCUT2D eigenvalue weighted by Crippen LogP contribution is -2.34. The van der Waals surface area contributed by atoms with Crippen molar-refractivity contribution >= 4 is 17.6 Å². The van der Waals surface area contributed by atoms with Crippen molar-refractivity contribution in [2.75, 3.05) is 13.1 Å². The average Bonchev–Trinajstić information content (AvgIpc) is 2.68. The SMILES string of the molecule is O=C(O)CN(CC(=O)O)Cc1cn2ccccc2n1. The third-order valence-electron chi connectivity index (χ3n) is 2.52. The first-order chi connectivity index (χ1) is 9.04. The molecule has 0 atom stereocenters. The Labute approximate surface area is 108 Å². The fourth-order valence-electron chi connectivity index (χ4n) is 1.84. The van der Waals surface area contributed by atoms with Gasteiger partial charge in [-0.2, -0.15) is 0 Å². The predicted molar refractivity (Wildman–Crippen MR) is 65.7 cm³/mol. The lowest BCUT2D eigenvalue weighted by atomic mass is 10.4. The third-order valence-corrected chi connectivity index (χ3v) is 2.52. The van der Waals surface area contributed by atoms with Crippen LogP contribution in [0.1, 0.15) is 5.69 Å². The molecule has 0 amide bonds. The molecule has 2 aromatic rings. The van der Waals surface area contributed by atoms with E-state index in [1.807, 2.05) is 24.4 Å². The van der Waals surface area contributed by atoms with Crippen LogP contribution >= 0.6 is 0 Å². The molecule has 0 spiro atoms. The first kappa shape index (κ1) is 13.0. The fourth-order valence-corrected chi connectivity index (χ4v) is 1.84. The normalized spacial score (nSPS) is 11.0. The first-order valence-corrected chi connectivity index (χ1v) is 5.63. The Bertz CT molecular complexity index is 559. The van der Waals surface area contributed by atoms with Crippen molar-refractivity contribution < 1.29 is 19.8 Å². The van der Waals surface area contributed by atoms with Gasteiger partial charge in [0.05, 0.1) is 18.8 Å². The molecular formula is C12H13N3O4. The first-order valence-electron chi connectivity index (χ1n) is 5.63. The van der Waals surface area contributed by atoms with Crippen LogP contribution in [0, 0.1) is 0 Å². The molecule has 0 saturated heterocycles. The van der Waals surface area contributed by atoms with Gasteiger partial charge in [0.15, 0.2) is 0 Å². The van der Waals surface area contributed by atoms with E-state index < -0.39 is 11.9 Å². The second-order valence-corrected chi connectivity index (χ2v) is 4.13. The molecule has 0 aliphatic carbocycles. The van der Waals surface area contributed by atoms with E-state index in [1.165, 1.54) is 4.90 Å². The van der Waals surface area contributed by atoms with E-state index in [0.29, 0.717) is 5.69 Å². The van der Waals surface area contributed by atoms with Crippen LogP contribution in [0.25, 0.3) is 5.65 Å². The molecule has 0 saturated carbocycles. The van der Waals surface area contributed by atoms with Crippen LogP contribution in [0.5, 0.6) is 0 Å². The number of aliphatic carboxylic acids is 2. The molecule has 2 aromatic heterocycles. The molecule has 2 N–H and O–H groups in total. The minimum absolute atomic E-state index is 0.181. The number of pyridine rings is 1. The number of carboxylic acids is 2.